The van der Waals surface area contributed by atoms with Crippen molar-refractivity contribution in [2.24, 2.45) is 4.99 Å². The molecule has 13 heavy (non-hydrogen) atoms. The maximum absolute atomic E-state index is 10.8. The van der Waals surface area contributed by atoms with Gasteiger partial charge >= 0.3 is 0 Å². The van der Waals surface area contributed by atoms with Crippen LogP contribution in [0.4, 0.5) is 0 Å². The van der Waals surface area contributed by atoms with Crippen molar-refractivity contribution < 1.29 is 8.42 Å². The highest BCUT2D eigenvalue weighted by Crippen LogP contribution is 1.88. The van der Waals surface area contributed by atoms with E-state index in [1.165, 1.54) is 6.26 Å². The quantitative estimate of drug-likeness (QED) is 0.576. The Balaban J connectivity index is 2.07. The Kier molecular flexibility index (Phi) is 3.53. The van der Waals surface area contributed by atoms with Gasteiger partial charge in [-0.05, 0) is 6.42 Å². The van der Waals surface area contributed by atoms with Crippen LogP contribution in [0.15, 0.2) is 4.99 Å². The van der Waals surface area contributed by atoms with Gasteiger partial charge in [0.25, 0.3) is 0 Å². The van der Waals surface area contributed by atoms with Crippen LogP contribution in [0.25, 0.3) is 0 Å². The number of aliphatic imine (C=N–C) groups is 1. The zero-order valence-electron chi connectivity index (χ0n) is 7.71. The predicted octanol–water partition coefficient (Wildman–Crippen LogP) is -1.03. The minimum absolute atomic E-state index is 0.229. The molecule has 5 nitrogen and oxygen atoms in total. The van der Waals surface area contributed by atoms with Gasteiger partial charge < -0.3 is 10.6 Å². The van der Waals surface area contributed by atoms with Gasteiger partial charge in [-0.15, -0.1) is 0 Å². The third-order valence-corrected chi connectivity index (χ3v) is 2.69. The monoisotopic (exact) mass is 205 g/mol. The molecule has 0 fully saturated rings. The van der Waals surface area contributed by atoms with Crippen LogP contribution in [0.1, 0.15) is 6.42 Å². The standard InChI is InChI=1S/C7H15N3O2S/c1-13(11,12)6-2-3-8-7-9-4-5-10-7/h2-6H2,1H3,(H2,8,9,10). The van der Waals surface area contributed by atoms with Gasteiger partial charge in [0.15, 0.2) is 5.96 Å². The molecule has 2 N–H and O–H groups in total. The van der Waals surface area contributed by atoms with E-state index in [-0.39, 0.29) is 5.75 Å². The number of nitrogens with one attached hydrogen (secondary N) is 2. The maximum Gasteiger partial charge on any atom is 0.191 e. The Morgan fingerprint density at radius 3 is 2.92 bits per heavy atom. The molecule has 6 heteroatoms. The van der Waals surface area contributed by atoms with Gasteiger partial charge in [-0.2, -0.15) is 0 Å². The minimum atomic E-state index is -2.82. The molecule has 1 rings (SSSR count). The summed E-state index contributed by atoms with van der Waals surface area (Å²) in [5.41, 5.74) is 0. The first-order valence-electron chi connectivity index (χ1n) is 4.28. The van der Waals surface area contributed by atoms with Gasteiger partial charge in [0.2, 0.25) is 0 Å². The summed E-state index contributed by atoms with van der Waals surface area (Å²) in [6.07, 6.45) is 1.87. The van der Waals surface area contributed by atoms with Crippen LogP contribution >= 0.6 is 0 Å². The fourth-order valence-corrected chi connectivity index (χ4v) is 1.73. The molecule has 0 aromatic carbocycles. The average molecular weight is 205 g/mol. The molecule has 0 spiro atoms. The van der Waals surface area contributed by atoms with Crippen molar-refractivity contribution >= 4 is 15.8 Å². The average Bonchev–Trinajstić information content (AvgIpc) is 2.48. The second-order valence-electron chi connectivity index (χ2n) is 3.07. The van der Waals surface area contributed by atoms with Crippen molar-refractivity contribution in [3.63, 3.8) is 0 Å². The van der Waals surface area contributed by atoms with Crippen LogP contribution in [0.3, 0.4) is 0 Å². The number of rotatable bonds is 4. The molecular weight excluding hydrogens is 190 g/mol. The molecule has 1 aliphatic heterocycles. The zero-order valence-corrected chi connectivity index (χ0v) is 8.52. The molecule has 0 saturated heterocycles. The molecule has 0 saturated carbocycles. The number of hydrogen-bond donors (Lipinski definition) is 2. The number of sulfone groups is 1. The molecule has 1 aliphatic rings. The van der Waals surface area contributed by atoms with Crippen molar-refractivity contribution in [3.05, 3.63) is 0 Å². The van der Waals surface area contributed by atoms with Crippen LogP contribution < -0.4 is 10.6 Å². The van der Waals surface area contributed by atoms with E-state index in [9.17, 15) is 8.42 Å². The number of hydrogen-bond acceptors (Lipinski definition) is 5. The van der Waals surface area contributed by atoms with Crippen LogP contribution in [0.2, 0.25) is 0 Å². The fraction of sp³-hybridized carbons (Fsp3) is 0.857. The van der Waals surface area contributed by atoms with E-state index < -0.39 is 9.84 Å². The summed E-state index contributed by atoms with van der Waals surface area (Å²) in [7, 11) is -2.82. The summed E-state index contributed by atoms with van der Waals surface area (Å²) >= 11 is 0. The first-order chi connectivity index (χ1) is 6.08. The lowest BCUT2D eigenvalue weighted by Gasteiger charge is -2.04. The van der Waals surface area contributed by atoms with E-state index in [1.807, 2.05) is 0 Å². The molecule has 0 aromatic rings. The van der Waals surface area contributed by atoms with Gasteiger partial charge in [0.05, 0.1) is 12.3 Å². The largest absolute Gasteiger partial charge is 0.356 e. The molecule has 0 unspecified atom stereocenters. The minimum Gasteiger partial charge on any atom is -0.356 e. The number of guanidine groups is 1. The summed E-state index contributed by atoms with van der Waals surface area (Å²) in [6, 6.07) is 0. The summed E-state index contributed by atoms with van der Waals surface area (Å²) in [5, 5.41) is 6.07. The first kappa shape index (κ1) is 10.3. The Morgan fingerprint density at radius 1 is 1.62 bits per heavy atom. The third kappa shape index (κ3) is 4.72. The van der Waals surface area contributed by atoms with Gasteiger partial charge in [0, 0.05) is 19.3 Å². The Hall–Kier alpha value is -0.780. The van der Waals surface area contributed by atoms with E-state index in [2.05, 4.69) is 15.6 Å². The van der Waals surface area contributed by atoms with Crippen LogP contribution in [0, 0.1) is 0 Å². The second-order valence-corrected chi connectivity index (χ2v) is 5.33. The van der Waals surface area contributed by atoms with Crippen LogP contribution in [-0.4, -0.2) is 46.0 Å². The zero-order chi connectivity index (χ0) is 9.73. The van der Waals surface area contributed by atoms with Gasteiger partial charge in [0.1, 0.15) is 9.84 Å². The van der Waals surface area contributed by atoms with Crippen molar-refractivity contribution in [2.45, 2.75) is 6.42 Å². The Morgan fingerprint density at radius 2 is 2.38 bits per heavy atom. The molecule has 0 amide bonds. The van der Waals surface area contributed by atoms with Crippen LogP contribution in [-0.2, 0) is 9.84 Å². The lowest BCUT2D eigenvalue weighted by Crippen LogP contribution is -2.34. The smallest absolute Gasteiger partial charge is 0.191 e. The summed E-state index contributed by atoms with van der Waals surface area (Å²) in [4.78, 5) is 4.11. The van der Waals surface area contributed by atoms with E-state index in [0.29, 0.717) is 13.0 Å². The highest BCUT2D eigenvalue weighted by Gasteiger charge is 2.04. The molecular formula is C7H15N3O2S. The Labute approximate surface area is 78.5 Å². The molecule has 1 heterocycles. The number of nitrogens with zero attached hydrogens (tertiary/aromatic N) is 1. The maximum atomic E-state index is 10.8. The summed E-state index contributed by atoms with van der Waals surface area (Å²) < 4.78 is 21.5. The summed E-state index contributed by atoms with van der Waals surface area (Å²) in [5.74, 6) is 1.02. The highest BCUT2D eigenvalue weighted by molar-refractivity contribution is 7.90. The molecule has 0 atom stereocenters. The first-order valence-corrected chi connectivity index (χ1v) is 6.34. The lowest BCUT2D eigenvalue weighted by molar-refractivity contribution is 0.598. The highest BCUT2D eigenvalue weighted by atomic mass is 32.2. The van der Waals surface area contributed by atoms with Gasteiger partial charge in [-0.3, -0.25) is 4.99 Å². The fourth-order valence-electron chi connectivity index (χ4n) is 1.06. The van der Waals surface area contributed by atoms with E-state index in [0.717, 1.165) is 19.0 Å². The molecule has 0 aromatic heterocycles. The van der Waals surface area contributed by atoms with Crippen molar-refractivity contribution in [2.75, 3.05) is 31.6 Å². The molecule has 0 aliphatic carbocycles. The van der Waals surface area contributed by atoms with Gasteiger partial charge in [-0.25, -0.2) is 8.42 Å². The topological polar surface area (TPSA) is 70.6 Å². The van der Waals surface area contributed by atoms with Gasteiger partial charge in [-0.1, -0.05) is 0 Å². The molecule has 76 valence electrons. The third-order valence-electron chi connectivity index (χ3n) is 1.66. The molecule has 0 radical (unpaired) electrons. The normalized spacial score (nSPS) is 16.5. The molecule has 0 bridgehead atoms. The van der Waals surface area contributed by atoms with Crippen LogP contribution in [0.5, 0.6) is 0 Å². The van der Waals surface area contributed by atoms with E-state index in [1.54, 1.807) is 0 Å². The Bertz CT molecular complexity index is 284. The van der Waals surface area contributed by atoms with E-state index in [4.69, 9.17) is 0 Å². The van der Waals surface area contributed by atoms with Crippen molar-refractivity contribution in [1.82, 2.24) is 10.6 Å². The second kappa shape index (κ2) is 4.45. The SMILES string of the molecule is CS(=O)(=O)CCCNC1=NCCN1. The summed E-state index contributed by atoms with van der Waals surface area (Å²) in [6.45, 7) is 2.32. The van der Waals surface area contributed by atoms with E-state index >= 15 is 0 Å². The van der Waals surface area contributed by atoms with Crippen molar-refractivity contribution in [3.8, 4) is 0 Å². The van der Waals surface area contributed by atoms with Crippen molar-refractivity contribution in [1.29, 1.82) is 0 Å². The predicted molar refractivity (Wildman–Crippen MR) is 52.6 cm³/mol. The lowest BCUT2D eigenvalue weighted by atomic mass is 10.5.